The maximum absolute atomic E-state index is 13.0. The van der Waals surface area contributed by atoms with Gasteiger partial charge in [0, 0.05) is 36.3 Å². The lowest BCUT2D eigenvalue weighted by atomic mass is 9.72. The van der Waals surface area contributed by atoms with E-state index >= 15 is 0 Å². The molecule has 0 aromatic heterocycles. The number of nitrogens with one attached hydrogen (secondary N) is 1. The third kappa shape index (κ3) is 4.64. The minimum absolute atomic E-state index is 0.00768. The van der Waals surface area contributed by atoms with Crippen LogP contribution < -0.4 is 5.32 Å². The maximum atomic E-state index is 13.0. The fourth-order valence-electron chi connectivity index (χ4n) is 4.17. The molecule has 1 aliphatic carbocycles. The summed E-state index contributed by atoms with van der Waals surface area (Å²) in [6.07, 6.45) is 3.36. The minimum atomic E-state index is -0.237. The predicted octanol–water partition coefficient (Wildman–Crippen LogP) is 2.68. The zero-order chi connectivity index (χ0) is 21.0. The highest BCUT2D eigenvalue weighted by Gasteiger charge is 2.52. The first-order chi connectivity index (χ1) is 14.0. The molecule has 1 saturated heterocycles. The van der Waals surface area contributed by atoms with Gasteiger partial charge < -0.3 is 15.3 Å². The van der Waals surface area contributed by atoms with Crippen LogP contribution >= 0.6 is 0 Å². The van der Waals surface area contributed by atoms with Gasteiger partial charge in [0.05, 0.1) is 18.7 Å². The molecule has 0 spiro atoms. The maximum Gasteiger partial charge on any atom is 0.226 e. The molecule has 3 rings (SSSR count). The molecule has 0 unspecified atom stereocenters. The SMILES string of the molecule is CCC(=O)NC[C@H]1[C@@H](c2ccc(C#CC(C)C)cc2)[C@@H](CO)N1C(=O)C1CCC1. The molecule has 5 heteroatoms. The van der Waals surface area contributed by atoms with Crippen molar-refractivity contribution in [2.45, 2.75) is 64.5 Å². The standard InChI is InChI=1S/C24H32N2O3/c1-4-22(28)25-14-20-23(18-12-10-17(11-13-18)9-8-16(2)3)21(15-27)26(20)24(29)19-6-5-7-19/h10-13,16,19-21,23,27H,4-7,14-15H2,1-3H3,(H,25,28)/t20-,21+,23+/m0/s1. The van der Waals surface area contributed by atoms with Crippen LogP contribution in [0.1, 0.15) is 63.5 Å². The first-order valence-electron chi connectivity index (χ1n) is 10.8. The van der Waals surface area contributed by atoms with Crippen LogP contribution in [0.4, 0.5) is 0 Å². The van der Waals surface area contributed by atoms with Crippen molar-refractivity contribution in [1.29, 1.82) is 0 Å². The molecule has 1 saturated carbocycles. The Hall–Kier alpha value is -2.32. The summed E-state index contributed by atoms with van der Waals surface area (Å²) in [5.74, 6) is 6.83. The Morgan fingerprint density at radius 2 is 1.90 bits per heavy atom. The summed E-state index contributed by atoms with van der Waals surface area (Å²) in [5, 5.41) is 13.0. The second kappa shape index (κ2) is 9.45. The molecule has 1 heterocycles. The van der Waals surface area contributed by atoms with E-state index in [1.54, 1.807) is 0 Å². The highest BCUT2D eigenvalue weighted by atomic mass is 16.3. The van der Waals surface area contributed by atoms with E-state index in [1.165, 1.54) is 0 Å². The number of carbonyl (C=O) groups excluding carboxylic acids is 2. The summed E-state index contributed by atoms with van der Waals surface area (Å²) in [7, 11) is 0. The van der Waals surface area contributed by atoms with Gasteiger partial charge in [0.25, 0.3) is 0 Å². The van der Waals surface area contributed by atoms with Crippen LogP contribution in [0.25, 0.3) is 0 Å². The van der Waals surface area contributed by atoms with Crippen molar-refractivity contribution in [1.82, 2.24) is 10.2 Å². The predicted molar refractivity (Wildman–Crippen MR) is 113 cm³/mol. The Morgan fingerprint density at radius 1 is 1.21 bits per heavy atom. The van der Waals surface area contributed by atoms with Crippen molar-refractivity contribution < 1.29 is 14.7 Å². The molecular weight excluding hydrogens is 364 g/mol. The summed E-state index contributed by atoms with van der Waals surface area (Å²) < 4.78 is 0. The third-order valence-electron chi connectivity index (χ3n) is 6.07. The number of aliphatic hydroxyl groups is 1. The van der Waals surface area contributed by atoms with Gasteiger partial charge in [-0.3, -0.25) is 9.59 Å². The number of nitrogens with zero attached hydrogens (tertiary/aromatic N) is 1. The van der Waals surface area contributed by atoms with Gasteiger partial charge in [-0.05, 0) is 30.5 Å². The van der Waals surface area contributed by atoms with Gasteiger partial charge in [-0.2, -0.15) is 0 Å². The monoisotopic (exact) mass is 396 g/mol. The van der Waals surface area contributed by atoms with Gasteiger partial charge in [0.15, 0.2) is 0 Å². The first-order valence-corrected chi connectivity index (χ1v) is 10.8. The molecule has 2 N–H and O–H groups in total. The van der Waals surface area contributed by atoms with Crippen LogP contribution in [0.2, 0.25) is 0 Å². The van der Waals surface area contributed by atoms with E-state index in [1.807, 2.05) is 36.1 Å². The number of rotatable bonds is 6. The molecular formula is C24H32N2O3. The van der Waals surface area contributed by atoms with Gasteiger partial charge >= 0.3 is 0 Å². The quantitative estimate of drug-likeness (QED) is 0.727. The summed E-state index contributed by atoms with van der Waals surface area (Å²) in [4.78, 5) is 26.6. The zero-order valence-corrected chi connectivity index (χ0v) is 17.6. The number of amides is 2. The summed E-state index contributed by atoms with van der Waals surface area (Å²) in [6.45, 7) is 6.28. The topological polar surface area (TPSA) is 69.6 Å². The van der Waals surface area contributed by atoms with Crippen molar-refractivity contribution in [3.63, 3.8) is 0 Å². The Balaban J connectivity index is 1.81. The lowest BCUT2D eigenvalue weighted by Crippen LogP contribution is -2.69. The van der Waals surface area contributed by atoms with Crippen molar-refractivity contribution >= 4 is 11.8 Å². The number of hydrogen-bond donors (Lipinski definition) is 2. The van der Waals surface area contributed by atoms with Gasteiger partial charge in [-0.15, -0.1) is 0 Å². The highest BCUT2D eigenvalue weighted by molar-refractivity contribution is 5.82. The molecule has 1 aromatic rings. The molecule has 1 aromatic carbocycles. The fourth-order valence-corrected chi connectivity index (χ4v) is 4.17. The Kier molecular flexibility index (Phi) is 6.97. The molecule has 156 valence electrons. The van der Waals surface area contributed by atoms with E-state index in [0.717, 1.165) is 30.4 Å². The van der Waals surface area contributed by atoms with Crippen molar-refractivity contribution in [2.24, 2.45) is 11.8 Å². The van der Waals surface area contributed by atoms with Crippen LogP contribution in [0.5, 0.6) is 0 Å². The van der Waals surface area contributed by atoms with E-state index in [9.17, 15) is 14.7 Å². The molecule has 1 aliphatic heterocycles. The molecule has 5 nitrogen and oxygen atoms in total. The van der Waals surface area contributed by atoms with Gasteiger partial charge in [-0.25, -0.2) is 0 Å². The fraction of sp³-hybridized carbons (Fsp3) is 0.583. The average Bonchev–Trinajstić information content (AvgIpc) is 2.65. The number of benzene rings is 1. The smallest absolute Gasteiger partial charge is 0.226 e. The first kappa shape index (κ1) is 21.4. The lowest BCUT2D eigenvalue weighted by Gasteiger charge is -2.56. The van der Waals surface area contributed by atoms with E-state index < -0.39 is 0 Å². The van der Waals surface area contributed by atoms with Crippen LogP contribution in [-0.2, 0) is 9.59 Å². The van der Waals surface area contributed by atoms with Gasteiger partial charge in [-0.1, -0.05) is 51.2 Å². The van der Waals surface area contributed by atoms with Crippen LogP contribution in [0.15, 0.2) is 24.3 Å². The van der Waals surface area contributed by atoms with E-state index in [4.69, 9.17) is 0 Å². The molecule has 2 aliphatic rings. The zero-order valence-electron chi connectivity index (χ0n) is 17.6. The molecule has 2 fully saturated rings. The number of likely N-dealkylation sites (tertiary alicyclic amines) is 1. The number of aliphatic hydroxyl groups excluding tert-OH is 1. The van der Waals surface area contributed by atoms with E-state index in [-0.39, 0.29) is 42.3 Å². The van der Waals surface area contributed by atoms with Crippen molar-refractivity contribution in [2.75, 3.05) is 13.2 Å². The second-order valence-electron chi connectivity index (χ2n) is 8.42. The summed E-state index contributed by atoms with van der Waals surface area (Å²) in [6, 6.07) is 7.71. The summed E-state index contributed by atoms with van der Waals surface area (Å²) >= 11 is 0. The molecule has 29 heavy (non-hydrogen) atoms. The van der Waals surface area contributed by atoms with Crippen LogP contribution in [0, 0.1) is 23.7 Å². The molecule has 2 amide bonds. The average molecular weight is 397 g/mol. The molecule has 0 bridgehead atoms. The normalized spacial score (nSPS) is 23.6. The van der Waals surface area contributed by atoms with Crippen LogP contribution in [0.3, 0.4) is 0 Å². The van der Waals surface area contributed by atoms with Crippen molar-refractivity contribution in [3.05, 3.63) is 35.4 Å². The third-order valence-corrected chi connectivity index (χ3v) is 6.07. The second-order valence-corrected chi connectivity index (χ2v) is 8.42. The van der Waals surface area contributed by atoms with E-state index in [2.05, 4.69) is 31.0 Å². The Morgan fingerprint density at radius 3 is 2.41 bits per heavy atom. The van der Waals surface area contributed by atoms with Gasteiger partial charge in [0.1, 0.15) is 0 Å². The molecule has 3 atom stereocenters. The lowest BCUT2D eigenvalue weighted by molar-refractivity contribution is -0.158. The van der Waals surface area contributed by atoms with E-state index in [0.29, 0.717) is 18.9 Å². The number of hydrogen-bond acceptors (Lipinski definition) is 3. The highest BCUT2D eigenvalue weighted by Crippen LogP contribution is 2.43. The van der Waals surface area contributed by atoms with Gasteiger partial charge in [0.2, 0.25) is 11.8 Å². The van der Waals surface area contributed by atoms with Crippen LogP contribution in [-0.4, -0.2) is 47.1 Å². The molecule has 0 radical (unpaired) electrons. The Labute approximate surface area is 173 Å². The minimum Gasteiger partial charge on any atom is -0.394 e. The Bertz CT molecular complexity index is 787. The van der Waals surface area contributed by atoms with Crippen molar-refractivity contribution in [3.8, 4) is 11.8 Å². The number of carbonyl (C=O) groups is 2. The summed E-state index contributed by atoms with van der Waals surface area (Å²) in [5.41, 5.74) is 2.04. The largest absolute Gasteiger partial charge is 0.394 e.